The van der Waals surface area contributed by atoms with Crippen LogP contribution in [-0.4, -0.2) is 55.4 Å². The molecule has 9 nitrogen and oxygen atoms in total. The quantitative estimate of drug-likeness (QED) is 0.239. The highest BCUT2D eigenvalue weighted by Crippen LogP contribution is 2.35. The minimum absolute atomic E-state index is 0.128. The molecule has 0 heterocycles. The number of carbonyl (C=O) groups excluding carboxylic acids is 1. The average molecular weight is 603 g/mol. The smallest absolute Gasteiger partial charge is 0.258 e. The Morgan fingerprint density at radius 3 is 2.42 bits per heavy atom. The highest BCUT2D eigenvalue weighted by atomic mass is 79.9. The Kier molecular flexibility index (Phi) is 11.7. The summed E-state index contributed by atoms with van der Waals surface area (Å²) < 4.78 is 42.3. The lowest BCUT2D eigenvalue weighted by Crippen LogP contribution is -2.41. The van der Waals surface area contributed by atoms with E-state index in [1.54, 1.807) is 30.3 Å². The molecule has 2 rings (SSSR count). The lowest BCUT2D eigenvalue weighted by atomic mass is 10.1. The Balaban J connectivity index is 2.23. The number of amides is 1. The number of ether oxygens (including phenoxy) is 2. The number of benzene rings is 2. The summed E-state index contributed by atoms with van der Waals surface area (Å²) in [7, 11) is 0.760. The molecule has 12 heteroatoms. The van der Waals surface area contributed by atoms with Crippen molar-refractivity contribution < 1.29 is 32.6 Å². The Hall–Kier alpha value is -2.12. The topological polar surface area (TPSA) is 120 Å². The van der Waals surface area contributed by atoms with E-state index in [9.17, 15) is 18.7 Å². The Morgan fingerprint density at radius 2 is 1.83 bits per heavy atom. The first-order valence-corrected chi connectivity index (χ1v) is 16.0. The van der Waals surface area contributed by atoms with Gasteiger partial charge in [-0.05, 0) is 54.0 Å². The molecule has 0 aliphatic heterocycles. The Labute approximate surface area is 224 Å². The number of phenolic OH excluding ortho intramolecular Hbond substituents is 1. The number of nitrogens with zero attached hydrogens (tertiary/aromatic N) is 1. The number of anilines is 1. The largest absolute Gasteiger partial charge is 0.755 e. The van der Waals surface area contributed by atoms with Crippen LogP contribution in [0.5, 0.6) is 17.2 Å². The van der Waals surface area contributed by atoms with E-state index in [1.807, 2.05) is 0 Å². The summed E-state index contributed by atoms with van der Waals surface area (Å²) in [6.07, 6.45) is -0.532. The molecule has 36 heavy (non-hydrogen) atoms. The van der Waals surface area contributed by atoms with Crippen molar-refractivity contribution in [2.45, 2.75) is 45.0 Å². The molecule has 2 atom stereocenters. The molecule has 2 aromatic carbocycles. The standard InChI is InChI=1S/C24H35BrN2O7SSi/c1-6-36(7-2,8-3)34-23(17-9-11-20(28)19(13-17)27(4)35(30)31)15-26-24(29)16-33-21-12-10-18(25)14-22(21)32-5/h9-14,23,28H,6-8,15-16H2,1-5H3,(H,26,29)(H,30,31)/p-1. The van der Waals surface area contributed by atoms with Crippen molar-refractivity contribution in [1.82, 2.24) is 5.32 Å². The molecule has 0 aliphatic carbocycles. The number of hydrogen-bond acceptors (Lipinski definition) is 7. The van der Waals surface area contributed by atoms with Gasteiger partial charge in [-0.25, -0.2) is 0 Å². The third-order valence-corrected chi connectivity index (χ3v) is 12.0. The normalized spacial score (nSPS) is 13.1. The van der Waals surface area contributed by atoms with E-state index >= 15 is 0 Å². The zero-order valence-electron chi connectivity index (χ0n) is 21.2. The third-order valence-electron chi connectivity index (χ3n) is 6.23. The molecule has 1 amide bonds. The fraction of sp³-hybridized carbons (Fsp3) is 0.458. The van der Waals surface area contributed by atoms with Crippen LogP contribution in [-0.2, 0) is 20.5 Å². The van der Waals surface area contributed by atoms with Gasteiger partial charge in [-0.3, -0.25) is 9.00 Å². The van der Waals surface area contributed by atoms with E-state index < -0.39 is 25.7 Å². The molecule has 0 saturated carbocycles. The Bertz CT molecular complexity index is 1050. The molecule has 0 saturated heterocycles. The third kappa shape index (κ3) is 7.94. The summed E-state index contributed by atoms with van der Waals surface area (Å²) in [6, 6.07) is 12.6. The van der Waals surface area contributed by atoms with Crippen LogP contribution in [0.25, 0.3) is 0 Å². The SMILES string of the molecule is CC[Si](CC)(CC)OC(CNC(=O)COc1ccc(Br)cc1OC)c1ccc(O)c(N(C)S(=O)[O-])c1. The van der Waals surface area contributed by atoms with Gasteiger partial charge in [-0.15, -0.1) is 0 Å². The van der Waals surface area contributed by atoms with Crippen molar-refractivity contribution in [2.75, 3.05) is 31.6 Å². The predicted octanol–water partition coefficient (Wildman–Crippen LogP) is 4.65. The van der Waals surface area contributed by atoms with E-state index in [-0.39, 0.29) is 30.5 Å². The second kappa shape index (κ2) is 14.0. The second-order valence-electron chi connectivity index (χ2n) is 8.20. The van der Waals surface area contributed by atoms with Crippen LogP contribution in [0.2, 0.25) is 18.1 Å². The fourth-order valence-electron chi connectivity index (χ4n) is 3.76. The minimum Gasteiger partial charge on any atom is -0.755 e. The van der Waals surface area contributed by atoms with Gasteiger partial charge >= 0.3 is 0 Å². The number of rotatable bonds is 14. The van der Waals surface area contributed by atoms with Crippen LogP contribution >= 0.6 is 15.9 Å². The molecule has 0 spiro atoms. The van der Waals surface area contributed by atoms with Crippen molar-refractivity contribution in [1.29, 1.82) is 0 Å². The first-order valence-electron chi connectivity index (χ1n) is 11.7. The van der Waals surface area contributed by atoms with Crippen LogP contribution in [0.3, 0.4) is 0 Å². The van der Waals surface area contributed by atoms with Gasteiger partial charge in [0.15, 0.2) is 26.4 Å². The van der Waals surface area contributed by atoms with Gasteiger partial charge in [0, 0.05) is 29.3 Å². The lowest BCUT2D eigenvalue weighted by molar-refractivity contribution is -0.123. The molecule has 0 fully saturated rings. The molecular formula is C24H34BrN2O7SSi-. The monoisotopic (exact) mass is 601 g/mol. The first kappa shape index (κ1) is 30.1. The highest BCUT2D eigenvalue weighted by molar-refractivity contribution is 9.10. The molecule has 200 valence electrons. The molecule has 2 N–H and O–H groups in total. The molecule has 2 aromatic rings. The highest BCUT2D eigenvalue weighted by Gasteiger charge is 2.33. The summed E-state index contributed by atoms with van der Waals surface area (Å²) in [6.45, 7) is 6.24. The molecule has 0 radical (unpaired) electrons. The van der Waals surface area contributed by atoms with E-state index in [2.05, 4.69) is 42.0 Å². The fourth-order valence-corrected chi connectivity index (χ4v) is 7.23. The molecule has 0 bridgehead atoms. The van der Waals surface area contributed by atoms with Crippen LogP contribution in [0, 0.1) is 0 Å². The molecular weight excluding hydrogens is 568 g/mol. The first-order chi connectivity index (χ1) is 17.1. The maximum Gasteiger partial charge on any atom is 0.258 e. The van der Waals surface area contributed by atoms with Gasteiger partial charge < -0.3 is 33.2 Å². The maximum absolute atomic E-state index is 12.7. The number of carbonyl (C=O) groups is 1. The molecule has 2 unspecified atom stereocenters. The number of phenols is 1. The van der Waals surface area contributed by atoms with Crippen molar-refractivity contribution >= 4 is 47.1 Å². The van der Waals surface area contributed by atoms with Crippen molar-refractivity contribution in [3.8, 4) is 17.2 Å². The van der Waals surface area contributed by atoms with Gasteiger partial charge in [0.1, 0.15) is 5.75 Å². The van der Waals surface area contributed by atoms with E-state index in [0.717, 1.165) is 26.9 Å². The average Bonchev–Trinajstić information content (AvgIpc) is 2.88. The van der Waals surface area contributed by atoms with Gasteiger partial charge in [0.25, 0.3) is 5.91 Å². The zero-order chi connectivity index (χ0) is 26.9. The zero-order valence-corrected chi connectivity index (χ0v) is 24.6. The van der Waals surface area contributed by atoms with Crippen LogP contribution < -0.4 is 19.1 Å². The van der Waals surface area contributed by atoms with Gasteiger partial charge in [0.05, 0.1) is 18.9 Å². The summed E-state index contributed by atoms with van der Waals surface area (Å²) >= 11 is 0.808. The number of halogens is 1. The number of methoxy groups -OCH3 is 1. The summed E-state index contributed by atoms with van der Waals surface area (Å²) in [5.41, 5.74) is 0.784. The lowest BCUT2D eigenvalue weighted by Gasteiger charge is -2.34. The number of hydrogen-bond donors (Lipinski definition) is 2. The maximum atomic E-state index is 12.7. The number of aromatic hydroxyl groups is 1. The van der Waals surface area contributed by atoms with Gasteiger partial charge in [-0.2, -0.15) is 0 Å². The molecule has 0 aromatic heterocycles. The van der Waals surface area contributed by atoms with E-state index in [1.165, 1.54) is 20.2 Å². The van der Waals surface area contributed by atoms with Gasteiger partial charge in [0.2, 0.25) is 0 Å². The summed E-state index contributed by atoms with van der Waals surface area (Å²) in [5, 5.41) is 13.1. The van der Waals surface area contributed by atoms with Crippen molar-refractivity contribution in [2.24, 2.45) is 0 Å². The predicted molar refractivity (Wildman–Crippen MR) is 146 cm³/mol. The number of nitrogens with one attached hydrogen (secondary N) is 1. The summed E-state index contributed by atoms with van der Waals surface area (Å²) in [4.78, 5) is 12.7. The van der Waals surface area contributed by atoms with Crippen molar-refractivity contribution in [3.05, 3.63) is 46.4 Å². The molecule has 0 aliphatic rings. The van der Waals surface area contributed by atoms with E-state index in [4.69, 9.17) is 13.9 Å². The van der Waals surface area contributed by atoms with Crippen LogP contribution in [0.4, 0.5) is 5.69 Å². The summed E-state index contributed by atoms with van der Waals surface area (Å²) in [5.74, 6) is 0.423. The Morgan fingerprint density at radius 1 is 1.17 bits per heavy atom. The van der Waals surface area contributed by atoms with Crippen LogP contribution in [0.1, 0.15) is 32.4 Å². The van der Waals surface area contributed by atoms with Crippen molar-refractivity contribution in [3.63, 3.8) is 0 Å². The van der Waals surface area contributed by atoms with Gasteiger partial charge in [-0.1, -0.05) is 42.8 Å². The minimum atomic E-state index is -2.56. The second-order valence-corrected chi connectivity index (χ2v) is 14.8. The van der Waals surface area contributed by atoms with Crippen LogP contribution in [0.15, 0.2) is 40.9 Å². The van der Waals surface area contributed by atoms with E-state index in [0.29, 0.717) is 17.1 Å².